The van der Waals surface area contributed by atoms with E-state index in [9.17, 15) is 0 Å². The predicted molar refractivity (Wildman–Crippen MR) is 77.2 cm³/mol. The molecule has 94 valence electrons. The second-order valence-corrected chi connectivity index (χ2v) is 6.21. The van der Waals surface area contributed by atoms with Crippen LogP contribution in [0.2, 0.25) is 0 Å². The van der Waals surface area contributed by atoms with E-state index >= 15 is 0 Å². The average molecular weight is 297 g/mol. The number of rotatable bonds is 3. The van der Waals surface area contributed by atoms with Crippen LogP contribution in [0.25, 0.3) is 0 Å². The van der Waals surface area contributed by atoms with E-state index in [4.69, 9.17) is 5.73 Å². The van der Waals surface area contributed by atoms with E-state index in [1.807, 2.05) is 0 Å². The molecular weight excluding hydrogens is 276 g/mol. The lowest BCUT2D eigenvalue weighted by atomic mass is 9.77. The third kappa shape index (κ3) is 3.23. The van der Waals surface area contributed by atoms with Crippen molar-refractivity contribution in [1.29, 1.82) is 0 Å². The minimum absolute atomic E-state index is 0.111. The van der Waals surface area contributed by atoms with Gasteiger partial charge in [0.25, 0.3) is 0 Å². The van der Waals surface area contributed by atoms with Crippen molar-refractivity contribution in [2.45, 2.75) is 38.1 Å². The Morgan fingerprint density at radius 2 is 1.88 bits per heavy atom. The Balaban J connectivity index is 2.06. The van der Waals surface area contributed by atoms with Gasteiger partial charge in [0.05, 0.1) is 0 Å². The first-order chi connectivity index (χ1) is 8.13. The monoisotopic (exact) mass is 296 g/mol. The van der Waals surface area contributed by atoms with Crippen LogP contribution in [0.4, 0.5) is 5.69 Å². The van der Waals surface area contributed by atoms with Gasteiger partial charge in [0, 0.05) is 22.2 Å². The fourth-order valence-electron chi connectivity index (χ4n) is 2.53. The molecule has 0 amide bonds. The lowest BCUT2D eigenvalue weighted by molar-refractivity contribution is 0.272. The zero-order chi connectivity index (χ0) is 12.3. The van der Waals surface area contributed by atoms with Crippen molar-refractivity contribution in [3.8, 4) is 0 Å². The van der Waals surface area contributed by atoms with E-state index in [1.54, 1.807) is 0 Å². The van der Waals surface area contributed by atoms with Crippen molar-refractivity contribution in [2.24, 2.45) is 11.7 Å². The molecule has 0 aromatic heterocycles. The first-order valence-electron chi connectivity index (χ1n) is 6.37. The quantitative estimate of drug-likeness (QED) is 0.891. The van der Waals surface area contributed by atoms with E-state index in [0.29, 0.717) is 0 Å². The number of halogens is 1. The van der Waals surface area contributed by atoms with Gasteiger partial charge >= 0.3 is 0 Å². The first kappa shape index (κ1) is 12.9. The molecule has 0 saturated heterocycles. The second-order valence-electron chi connectivity index (χ2n) is 5.30. The van der Waals surface area contributed by atoms with Crippen LogP contribution in [0.5, 0.6) is 0 Å². The van der Waals surface area contributed by atoms with Crippen molar-refractivity contribution in [3.63, 3.8) is 0 Å². The number of anilines is 1. The van der Waals surface area contributed by atoms with Crippen LogP contribution in [0, 0.1) is 5.92 Å². The summed E-state index contributed by atoms with van der Waals surface area (Å²) in [4.78, 5) is 0. The predicted octanol–water partition coefficient (Wildman–Crippen LogP) is 3.77. The molecule has 0 spiro atoms. The largest absolute Gasteiger partial charge is 0.378 e. The summed E-state index contributed by atoms with van der Waals surface area (Å²) in [7, 11) is 0. The van der Waals surface area contributed by atoms with Crippen molar-refractivity contribution in [1.82, 2.24) is 0 Å². The van der Waals surface area contributed by atoms with Crippen LogP contribution < -0.4 is 11.1 Å². The summed E-state index contributed by atoms with van der Waals surface area (Å²) in [6.07, 6.45) is 4.92. The first-order valence-corrected chi connectivity index (χ1v) is 7.17. The van der Waals surface area contributed by atoms with Crippen molar-refractivity contribution < 1.29 is 0 Å². The Labute approximate surface area is 112 Å². The molecule has 0 atom stereocenters. The molecule has 17 heavy (non-hydrogen) atoms. The van der Waals surface area contributed by atoms with Gasteiger partial charge in [-0.15, -0.1) is 0 Å². The Bertz CT molecular complexity index is 353. The molecule has 0 unspecified atom stereocenters. The van der Waals surface area contributed by atoms with Crippen LogP contribution in [0.1, 0.15) is 32.6 Å². The number of nitrogens with one attached hydrogen (secondary N) is 1. The fraction of sp³-hybridized carbons (Fsp3) is 0.571. The van der Waals surface area contributed by atoms with Gasteiger partial charge < -0.3 is 11.1 Å². The molecule has 1 fully saturated rings. The lowest BCUT2D eigenvalue weighted by Crippen LogP contribution is -2.48. The molecular formula is C14H21BrN2. The van der Waals surface area contributed by atoms with Gasteiger partial charge in [0.1, 0.15) is 0 Å². The number of benzene rings is 1. The summed E-state index contributed by atoms with van der Waals surface area (Å²) in [5.41, 5.74) is 7.28. The van der Waals surface area contributed by atoms with E-state index in [0.717, 1.165) is 16.9 Å². The summed E-state index contributed by atoms with van der Waals surface area (Å²) in [6, 6.07) is 8.36. The van der Waals surface area contributed by atoms with Crippen LogP contribution in [-0.2, 0) is 0 Å². The van der Waals surface area contributed by atoms with Gasteiger partial charge in [-0.05, 0) is 55.9 Å². The summed E-state index contributed by atoms with van der Waals surface area (Å²) in [6.45, 7) is 3.05. The van der Waals surface area contributed by atoms with Gasteiger partial charge in [-0.2, -0.15) is 0 Å². The zero-order valence-electron chi connectivity index (χ0n) is 10.4. The highest BCUT2D eigenvalue weighted by atomic mass is 79.9. The van der Waals surface area contributed by atoms with Gasteiger partial charge in [-0.25, -0.2) is 0 Å². The van der Waals surface area contributed by atoms with Crippen LogP contribution >= 0.6 is 15.9 Å². The number of nitrogens with two attached hydrogens (primary N) is 1. The summed E-state index contributed by atoms with van der Waals surface area (Å²) in [5.74, 6) is 0.849. The van der Waals surface area contributed by atoms with Crippen molar-refractivity contribution in [3.05, 3.63) is 28.7 Å². The van der Waals surface area contributed by atoms with Gasteiger partial charge in [0.15, 0.2) is 0 Å². The van der Waals surface area contributed by atoms with Crippen molar-refractivity contribution >= 4 is 21.6 Å². The minimum atomic E-state index is 0.111. The Morgan fingerprint density at radius 3 is 2.41 bits per heavy atom. The molecule has 1 saturated carbocycles. The number of hydrogen-bond donors (Lipinski definition) is 2. The topological polar surface area (TPSA) is 38.0 Å². The molecule has 3 N–H and O–H groups in total. The minimum Gasteiger partial charge on any atom is -0.378 e. The molecule has 2 rings (SSSR count). The van der Waals surface area contributed by atoms with Gasteiger partial charge in [0.2, 0.25) is 0 Å². The fourth-order valence-corrected chi connectivity index (χ4v) is 2.80. The van der Waals surface area contributed by atoms with E-state index in [-0.39, 0.29) is 5.54 Å². The average Bonchev–Trinajstić information content (AvgIpc) is 2.35. The van der Waals surface area contributed by atoms with Gasteiger partial charge in [-0.1, -0.05) is 22.9 Å². The molecule has 0 radical (unpaired) electrons. The SMILES string of the molecule is CC1CCC(CN)(Nc2ccc(Br)cc2)CC1. The highest BCUT2D eigenvalue weighted by Crippen LogP contribution is 2.34. The summed E-state index contributed by atoms with van der Waals surface area (Å²) < 4.78 is 1.11. The lowest BCUT2D eigenvalue weighted by Gasteiger charge is -2.40. The summed E-state index contributed by atoms with van der Waals surface area (Å²) >= 11 is 3.46. The molecule has 0 aliphatic heterocycles. The third-order valence-corrected chi connectivity index (χ3v) is 4.40. The van der Waals surface area contributed by atoms with Crippen LogP contribution in [0.15, 0.2) is 28.7 Å². The van der Waals surface area contributed by atoms with E-state index in [1.165, 1.54) is 31.4 Å². The van der Waals surface area contributed by atoms with E-state index < -0.39 is 0 Å². The Kier molecular flexibility index (Phi) is 4.10. The normalized spacial score (nSPS) is 29.0. The molecule has 3 heteroatoms. The van der Waals surface area contributed by atoms with E-state index in [2.05, 4.69) is 52.4 Å². The maximum Gasteiger partial charge on any atom is 0.0495 e. The highest BCUT2D eigenvalue weighted by Gasteiger charge is 2.32. The molecule has 1 aromatic rings. The van der Waals surface area contributed by atoms with Gasteiger partial charge in [-0.3, -0.25) is 0 Å². The molecule has 0 heterocycles. The molecule has 2 nitrogen and oxygen atoms in total. The maximum atomic E-state index is 5.99. The third-order valence-electron chi connectivity index (χ3n) is 3.88. The second kappa shape index (κ2) is 5.40. The highest BCUT2D eigenvalue weighted by molar-refractivity contribution is 9.10. The van der Waals surface area contributed by atoms with Crippen molar-refractivity contribution in [2.75, 3.05) is 11.9 Å². The molecule has 1 aromatic carbocycles. The Morgan fingerprint density at radius 1 is 1.29 bits per heavy atom. The zero-order valence-corrected chi connectivity index (χ0v) is 12.0. The van der Waals surface area contributed by atoms with Crippen LogP contribution in [-0.4, -0.2) is 12.1 Å². The molecule has 1 aliphatic carbocycles. The molecule has 1 aliphatic rings. The Hall–Kier alpha value is -0.540. The smallest absolute Gasteiger partial charge is 0.0495 e. The molecule has 0 bridgehead atoms. The summed E-state index contributed by atoms with van der Waals surface area (Å²) in [5, 5.41) is 3.65. The van der Waals surface area contributed by atoms with Crippen LogP contribution in [0.3, 0.4) is 0 Å². The standard InChI is InChI=1S/C14H21BrN2/c1-11-6-8-14(10-16,9-7-11)17-13-4-2-12(15)3-5-13/h2-5,11,17H,6-10,16H2,1H3. The number of hydrogen-bond acceptors (Lipinski definition) is 2. The maximum absolute atomic E-state index is 5.99.